The molecule has 0 heterocycles. The van der Waals surface area contributed by atoms with Crippen molar-refractivity contribution < 1.29 is 9.47 Å². The maximum absolute atomic E-state index is 5.53. The van der Waals surface area contributed by atoms with E-state index in [2.05, 4.69) is 168 Å². The van der Waals surface area contributed by atoms with Gasteiger partial charge in [0.15, 0.2) is 0 Å². The Morgan fingerprint density at radius 3 is 1.27 bits per heavy atom. The van der Waals surface area contributed by atoms with Gasteiger partial charge in [0.2, 0.25) is 0 Å². The maximum atomic E-state index is 5.53. The predicted octanol–water partition coefficient (Wildman–Crippen LogP) is 11.9. The highest BCUT2D eigenvalue weighted by molar-refractivity contribution is 5.88. The molecular weight excluding hydrogens is 601 g/mol. The third-order valence-corrected chi connectivity index (χ3v) is 8.67. The summed E-state index contributed by atoms with van der Waals surface area (Å²) in [7, 11) is 3.40. The van der Waals surface area contributed by atoms with Crippen molar-refractivity contribution in [3.8, 4) is 22.6 Å². The molecule has 7 aromatic carbocycles. The number of anilines is 6. The number of nitrogens with zero attached hydrogens (tertiary/aromatic N) is 2. The van der Waals surface area contributed by atoms with Gasteiger partial charge < -0.3 is 19.3 Å². The fourth-order valence-corrected chi connectivity index (χ4v) is 6.29. The second-order valence-corrected chi connectivity index (χ2v) is 11.8. The number of ether oxygens (including phenoxy) is 2. The van der Waals surface area contributed by atoms with Gasteiger partial charge in [0.25, 0.3) is 0 Å². The second kappa shape index (κ2) is 14.7. The summed E-state index contributed by atoms with van der Waals surface area (Å²) in [5, 5.41) is 0. The Hall–Kier alpha value is -6.26. The maximum Gasteiger partial charge on any atom is 0.119 e. The summed E-state index contributed by atoms with van der Waals surface area (Å²) in [6, 6.07) is 63.8. The lowest BCUT2D eigenvalue weighted by Gasteiger charge is -2.30. The summed E-state index contributed by atoms with van der Waals surface area (Å²) >= 11 is 0. The first-order chi connectivity index (χ1) is 24.2. The molecule has 0 aromatic heterocycles. The Morgan fingerprint density at radius 2 is 0.796 bits per heavy atom. The van der Waals surface area contributed by atoms with Crippen molar-refractivity contribution in [2.75, 3.05) is 24.0 Å². The summed E-state index contributed by atoms with van der Waals surface area (Å²) in [5.41, 5.74) is 11.1. The van der Waals surface area contributed by atoms with Crippen LogP contribution >= 0.6 is 0 Å². The van der Waals surface area contributed by atoms with E-state index in [0.29, 0.717) is 0 Å². The van der Waals surface area contributed by atoms with Gasteiger partial charge in [0, 0.05) is 34.1 Å². The third-order valence-electron chi connectivity index (χ3n) is 8.67. The van der Waals surface area contributed by atoms with Gasteiger partial charge in [0.1, 0.15) is 11.5 Å². The molecule has 0 amide bonds. The van der Waals surface area contributed by atoms with Crippen LogP contribution in [-0.4, -0.2) is 14.2 Å². The molecule has 240 valence electrons. The molecule has 0 radical (unpaired) electrons. The fraction of sp³-hybridized carbons (Fsp3) is 0.0667. The van der Waals surface area contributed by atoms with Crippen LogP contribution in [0.5, 0.6) is 11.5 Å². The Kier molecular flexibility index (Phi) is 9.38. The average Bonchev–Trinajstić information content (AvgIpc) is 3.17. The molecule has 7 rings (SSSR count). The van der Waals surface area contributed by atoms with Gasteiger partial charge in [-0.2, -0.15) is 0 Å². The van der Waals surface area contributed by atoms with E-state index in [1.54, 1.807) is 14.2 Å². The van der Waals surface area contributed by atoms with Crippen molar-refractivity contribution in [2.45, 2.75) is 6.42 Å². The molecule has 0 aliphatic rings. The molecule has 0 aliphatic heterocycles. The number of methoxy groups -OCH3 is 2. The molecule has 0 N–H and O–H groups in total. The van der Waals surface area contributed by atoms with Gasteiger partial charge in [0.05, 0.1) is 14.2 Å². The van der Waals surface area contributed by atoms with Crippen LogP contribution in [0.15, 0.2) is 182 Å². The largest absolute Gasteiger partial charge is 0.497 e. The van der Waals surface area contributed by atoms with Gasteiger partial charge in [-0.1, -0.05) is 91.0 Å². The van der Waals surface area contributed by atoms with E-state index in [4.69, 9.17) is 9.47 Å². The third kappa shape index (κ3) is 7.04. The van der Waals surface area contributed by atoms with E-state index in [9.17, 15) is 0 Å². The molecule has 49 heavy (non-hydrogen) atoms. The molecule has 0 saturated carbocycles. The van der Waals surface area contributed by atoms with Crippen LogP contribution < -0.4 is 19.3 Å². The van der Waals surface area contributed by atoms with Crippen LogP contribution in [0, 0.1) is 0 Å². The molecule has 0 bridgehead atoms. The van der Waals surface area contributed by atoms with E-state index in [1.165, 1.54) is 16.7 Å². The van der Waals surface area contributed by atoms with Crippen LogP contribution in [-0.2, 0) is 6.42 Å². The minimum Gasteiger partial charge on any atom is -0.497 e. The van der Waals surface area contributed by atoms with E-state index < -0.39 is 0 Å². The highest BCUT2D eigenvalue weighted by Gasteiger charge is 2.20. The smallest absolute Gasteiger partial charge is 0.119 e. The van der Waals surface area contributed by atoms with E-state index in [0.717, 1.165) is 57.6 Å². The molecule has 0 fully saturated rings. The molecule has 0 unspecified atom stereocenters. The topological polar surface area (TPSA) is 24.9 Å². The molecule has 4 nitrogen and oxygen atoms in total. The minimum atomic E-state index is 0.816. The predicted molar refractivity (Wildman–Crippen MR) is 204 cm³/mol. The van der Waals surface area contributed by atoms with Crippen LogP contribution in [0.3, 0.4) is 0 Å². The zero-order valence-electron chi connectivity index (χ0n) is 27.7. The van der Waals surface area contributed by atoms with Gasteiger partial charge in [-0.25, -0.2) is 0 Å². The number of para-hydroxylation sites is 2. The van der Waals surface area contributed by atoms with Crippen molar-refractivity contribution in [1.29, 1.82) is 0 Å². The Labute approximate surface area is 289 Å². The van der Waals surface area contributed by atoms with Gasteiger partial charge in [-0.15, -0.1) is 0 Å². The fourth-order valence-electron chi connectivity index (χ4n) is 6.29. The Morgan fingerprint density at radius 1 is 0.388 bits per heavy atom. The molecule has 0 aliphatic carbocycles. The molecular formula is C45H38N2O2. The number of benzene rings is 7. The van der Waals surface area contributed by atoms with Crippen LogP contribution in [0.1, 0.15) is 11.1 Å². The van der Waals surface area contributed by atoms with E-state index >= 15 is 0 Å². The van der Waals surface area contributed by atoms with Crippen LogP contribution in [0.2, 0.25) is 0 Å². The highest BCUT2D eigenvalue weighted by Crippen LogP contribution is 2.44. The van der Waals surface area contributed by atoms with Crippen molar-refractivity contribution in [3.63, 3.8) is 0 Å². The number of rotatable bonds is 11. The Balaban J connectivity index is 1.47. The summed E-state index contributed by atoms with van der Waals surface area (Å²) in [6.07, 6.45) is 0.832. The van der Waals surface area contributed by atoms with E-state index in [-0.39, 0.29) is 0 Å². The Bertz CT molecular complexity index is 1990. The van der Waals surface area contributed by atoms with Crippen LogP contribution in [0.4, 0.5) is 34.1 Å². The standard InChI is InChI=1S/C45H38N2O2/c1-48-43-26-22-39(23-27-43)46(37-17-8-4-9-18-37)41-31-36(45-21-13-12-16-35(45)30-34-14-6-3-7-15-34)32-42(33-41)47(38-19-10-5-11-20-38)40-24-28-44(49-2)29-25-40/h3-29,31-33H,30H2,1-2H3. The summed E-state index contributed by atoms with van der Waals surface area (Å²) in [5.74, 6) is 1.63. The normalized spacial score (nSPS) is 10.7. The first-order valence-electron chi connectivity index (χ1n) is 16.5. The number of hydrogen-bond donors (Lipinski definition) is 0. The molecule has 0 spiro atoms. The van der Waals surface area contributed by atoms with Crippen molar-refractivity contribution in [3.05, 3.63) is 193 Å². The summed E-state index contributed by atoms with van der Waals surface area (Å²) < 4.78 is 11.1. The quantitative estimate of drug-likeness (QED) is 0.141. The number of hydrogen-bond acceptors (Lipinski definition) is 4. The van der Waals surface area contributed by atoms with Gasteiger partial charge in [-0.3, -0.25) is 0 Å². The molecule has 4 heteroatoms. The highest BCUT2D eigenvalue weighted by atomic mass is 16.5. The SMILES string of the molecule is COc1ccc(N(c2ccccc2)c2cc(-c3ccccc3Cc3ccccc3)cc(N(c3ccccc3)c3ccc(OC)cc3)c2)cc1. The lowest BCUT2D eigenvalue weighted by Crippen LogP contribution is -2.13. The zero-order valence-corrected chi connectivity index (χ0v) is 27.7. The van der Waals surface area contributed by atoms with Gasteiger partial charge in [-0.05, 0) is 120 Å². The van der Waals surface area contributed by atoms with Crippen molar-refractivity contribution in [1.82, 2.24) is 0 Å². The summed E-state index contributed by atoms with van der Waals surface area (Å²) in [4.78, 5) is 4.62. The minimum absolute atomic E-state index is 0.816. The van der Waals surface area contributed by atoms with Crippen molar-refractivity contribution >= 4 is 34.1 Å². The lowest BCUT2D eigenvalue weighted by molar-refractivity contribution is 0.414. The monoisotopic (exact) mass is 638 g/mol. The zero-order chi connectivity index (χ0) is 33.4. The lowest BCUT2D eigenvalue weighted by atomic mass is 9.94. The first-order valence-corrected chi connectivity index (χ1v) is 16.5. The van der Waals surface area contributed by atoms with E-state index in [1.807, 2.05) is 24.3 Å². The molecule has 7 aromatic rings. The molecule has 0 atom stereocenters. The van der Waals surface area contributed by atoms with Gasteiger partial charge >= 0.3 is 0 Å². The first kappa shape index (κ1) is 31.3. The van der Waals surface area contributed by atoms with Crippen LogP contribution in [0.25, 0.3) is 11.1 Å². The summed E-state index contributed by atoms with van der Waals surface area (Å²) in [6.45, 7) is 0. The van der Waals surface area contributed by atoms with Crippen molar-refractivity contribution in [2.24, 2.45) is 0 Å². The molecule has 0 saturated heterocycles. The average molecular weight is 639 g/mol. The second-order valence-electron chi connectivity index (χ2n) is 11.8.